The first kappa shape index (κ1) is 16.1. The van der Waals surface area contributed by atoms with Crippen molar-refractivity contribution in [2.45, 2.75) is 39.8 Å². The lowest BCUT2D eigenvalue weighted by atomic mass is 10.0. The molecular weight excluding hydrogens is 259 g/mol. The largest absolute Gasteiger partial charge is 0.389 e. The number of nitrogens with two attached hydrogens (primary N) is 1. The van der Waals surface area contributed by atoms with Gasteiger partial charge < -0.3 is 5.73 Å². The molecule has 0 saturated carbocycles. The van der Waals surface area contributed by atoms with Crippen molar-refractivity contribution in [2.24, 2.45) is 11.7 Å². The van der Waals surface area contributed by atoms with Crippen molar-refractivity contribution in [3.8, 4) is 0 Å². The molecule has 2 N–H and O–H groups in total. The summed E-state index contributed by atoms with van der Waals surface area (Å²) in [6.07, 6.45) is 1.09. The lowest BCUT2D eigenvalue weighted by molar-refractivity contribution is 0.218. The van der Waals surface area contributed by atoms with Gasteiger partial charge in [0.1, 0.15) is 10.8 Å². The van der Waals surface area contributed by atoms with Crippen LogP contribution in [0.3, 0.4) is 0 Å². The number of benzene rings is 1. The predicted octanol–water partition coefficient (Wildman–Crippen LogP) is 3.33. The van der Waals surface area contributed by atoms with Crippen LogP contribution in [-0.2, 0) is 6.54 Å². The van der Waals surface area contributed by atoms with Gasteiger partial charge in [0.2, 0.25) is 0 Å². The normalized spacial score (nSPS) is 13.0. The Hall–Kier alpha value is -1.00. The summed E-state index contributed by atoms with van der Waals surface area (Å²) in [6, 6.07) is 5.62. The molecule has 1 aromatic rings. The van der Waals surface area contributed by atoms with Gasteiger partial charge in [0, 0.05) is 23.7 Å². The van der Waals surface area contributed by atoms with Gasteiger partial charge in [0.05, 0.1) is 0 Å². The monoisotopic (exact) mass is 282 g/mol. The van der Waals surface area contributed by atoms with Crippen LogP contribution < -0.4 is 5.73 Å². The molecule has 0 aromatic heterocycles. The average Bonchev–Trinajstić information content (AvgIpc) is 2.30. The van der Waals surface area contributed by atoms with Crippen molar-refractivity contribution in [1.29, 1.82) is 0 Å². The lowest BCUT2D eigenvalue weighted by Gasteiger charge is -2.26. The van der Waals surface area contributed by atoms with E-state index in [-0.39, 0.29) is 10.8 Å². The Balaban J connectivity index is 2.82. The quantitative estimate of drug-likeness (QED) is 0.812. The number of hydrogen-bond acceptors (Lipinski definition) is 2. The lowest BCUT2D eigenvalue weighted by Crippen LogP contribution is -2.30. The first-order valence-corrected chi connectivity index (χ1v) is 7.01. The Morgan fingerprint density at radius 3 is 2.53 bits per heavy atom. The summed E-state index contributed by atoms with van der Waals surface area (Å²) in [5, 5.41) is 0. The first-order valence-electron chi connectivity index (χ1n) is 6.60. The van der Waals surface area contributed by atoms with Crippen LogP contribution in [0.15, 0.2) is 18.2 Å². The van der Waals surface area contributed by atoms with Gasteiger partial charge in [-0.3, -0.25) is 4.90 Å². The van der Waals surface area contributed by atoms with E-state index in [9.17, 15) is 4.39 Å². The Morgan fingerprint density at radius 2 is 2.00 bits per heavy atom. The molecule has 0 fully saturated rings. The van der Waals surface area contributed by atoms with E-state index in [1.165, 1.54) is 0 Å². The third-order valence-electron chi connectivity index (χ3n) is 3.33. The van der Waals surface area contributed by atoms with Crippen LogP contribution in [0.4, 0.5) is 4.39 Å². The number of nitrogens with zero attached hydrogens (tertiary/aromatic N) is 1. The first-order chi connectivity index (χ1) is 8.82. The molecule has 2 nitrogen and oxygen atoms in total. The molecule has 0 heterocycles. The zero-order valence-corrected chi connectivity index (χ0v) is 12.9. The molecule has 0 aliphatic carbocycles. The van der Waals surface area contributed by atoms with Crippen molar-refractivity contribution in [1.82, 2.24) is 4.90 Å². The van der Waals surface area contributed by atoms with Crippen LogP contribution in [0.25, 0.3) is 0 Å². The van der Waals surface area contributed by atoms with Gasteiger partial charge in [0.25, 0.3) is 0 Å². The molecule has 0 saturated heterocycles. The Bertz CT molecular complexity index is 446. The highest BCUT2D eigenvalue weighted by Crippen LogP contribution is 2.17. The van der Waals surface area contributed by atoms with Crippen molar-refractivity contribution in [3.63, 3.8) is 0 Å². The van der Waals surface area contributed by atoms with Crippen molar-refractivity contribution < 1.29 is 4.39 Å². The maximum absolute atomic E-state index is 14.2. The summed E-state index contributed by atoms with van der Waals surface area (Å²) in [6.45, 7) is 7.11. The molecular formula is C15H23FN2S. The van der Waals surface area contributed by atoms with E-state index in [1.54, 1.807) is 18.2 Å². The SMILES string of the molecule is CC(C)CC(C)N(C)Cc1cccc(C(N)=S)c1F. The number of halogens is 1. The summed E-state index contributed by atoms with van der Waals surface area (Å²) < 4.78 is 14.2. The molecule has 1 atom stereocenters. The van der Waals surface area contributed by atoms with Crippen LogP contribution in [0.2, 0.25) is 0 Å². The fourth-order valence-corrected chi connectivity index (χ4v) is 2.34. The van der Waals surface area contributed by atoms with E-state index in [0.717, 1.165) is 6.42 Å². The van der Waals surface area contributed by atoms with E-state index in [1.807, 2.05) is 7.05 Å². The molecule has 0 aliphatic heterocycles. The molecule has 0 amide bonds. The summed E-state index contributed by atoms with van der Waals surface area (Å²) in [4.78, 5) is 2.26. The van der Waals surface area contributed by atoms with Gasteiger partial charge in [-0.25, -0.2) is 4.39 Å². The predicted molar refractivity (Wildman–Crippen MR) is 82.7 cm³/mol. The maximum Gasteiger partial charge on any atom is 0.137 e. The number of hydrogen-bond donors (Lipinski definition) is 1. The molecule has 1 unspecified atom stereocenters. The van der Waals surface area contributed by atoms with Crippen molar-refractivity contribution >= 4 is 17.2 Å². The second-order valence-electron chi connectivity index (χ2n) is 5.54. The van der Waals surface area contributed by atoms with E-state index in [4.69, 9.17) is 18.0 Å². The molecule has 0 radical (unpaired) electrons. The fraction of sp³-hybridized carbons (Fsp3) is 0.533. The third-order valence-corrected chi connectivity index (χ3v) is 3.55. The maximum atomic E-state index is 14.2. The minimum absolute atomic E-state index is 0.109. The second kappa shape index (κ2) is 6.96. The molecule has 0 bridgehead atoms. The van der Waals surface area contributed by atoms with E-state index >= 15 is 0 Å². The fourth-order valence-electron chi connectivity index (χ4n) is 2.18. The van der Waals surface area contributed by atoms with E-state index < -0.39 is 0 Å². The summed E-state index contributed by atoms with van der Waals surface area (Å²) in [5.74, 6) is 0.337. The zero-order valence-electron chi connectivity index (χ0n) is 12.1. The molecule has 0 aliphatic rings. The molecule has 1 rings (SSSR count). The highest BCUT2D eigenvalue weighted by Gasteiger charge is 2.15. The molecule has 19 heavy (non-hydrogen) atoms. The van der Waals surface area contributed by atoms with Gasteiger partial charge >= 0.3 is 0 Å². The minimum atomic E-state index is -0.293. The van der Waals surface area contributed by atoms with Crippen LogP contribution in [-0.4, -0.2) is 23.0 Å². The number of rotatable bonds is 6. The summed E-state index contributed by atoms with van der Waals surface area (Å²) in [5.41, 5.74) is 6.49. The molecule has 0 spiro atoms. The van der Waals surface area contributed by atoms with Crippen molar-refractivity contribution in [2.75, 3.05) is 7.05 Å². The van der Waals surface area contributed by atoms with Gasteiger partial charge in [-0.15, -0.1) is 0 Å². The van der Waals surface area contributed by atoms with Crippen LogP contribution >= 0.6 is 12.2 Å². The zero-order chi connectivity index (χ0) is 14.6. The Labute approximate surface area is 120 Å². The van der Waals surface area contributed by atoms with Crippen LogP contribution in [0, 0.1) is 11.7 Å². The summed E-state index contributed by atoms with van der Waals surface area (Å²) in [7, 11) is 2.01. The topological polar surface area (TPSA) is 29.3 Å². The molecule has 106 valence electrons. The Kier molecular flexibility index (Phi) is 5.88. The van der Waals surface area contributed by atoms with E-state index in [2.05, 4.69) is 25.7 Å². The molecule has 4 heteroatoms. The van der Waals surface area contributed by atoms with E-state index in [0.29, 0.717) is 29.6 Å². The van der Waals surface area contributed by atoms with Crippen LogP contribution in [0.1, 0.15) is 38.3 Å². The number of thiocarbonyl (C=S) groups is 1. The molecule has 1 aromatic carbocycles. The summed E-state index contributed by atoms with van der Waals surface area (Å²) >= 11 is 4.86. The average molecular weight is 282 g/mol. The third kappa shape index (κ3) is 4.55. The van der Waals surface area contributed by atoms with Gasteiger partial charge in [-0.1, -0.05) is 38.2 Å². The smallest absolute Gasteiger partial charge is 0.137 e. The van der Waals surface area contributed by atoms with Crippen molar-refractivity contribution in [3.05, 3.63) is 35.1 Å². The van der Waals surface area contributed by atoms with Gasteiger partial charge in [-0.2, -0.15) is 0 Å². The van der Waals surface area contributed by atoms with Crippen LogP contribution in [0.5, 0.6) is 0 Å². The standard InChI is InChI=1S/C15H23FN2S/c1-10(2)8-11(3)18(4)9-12-6-5-7-13(14(12)16)15(17)19/h5-7,10-11H,8-9H2,1-4H3,(H2,17,19). The second-order valence-corrected chi connectivity index (χ2v) is 5.98. The highest BCUT2D eigenvalue weighted by molar-refractivity contribution is 7.80. The minimum Gasteiger partial charge on any atom is -0.389 e. The van der Waals surface area contributed by atoms with Gasteiger partial charge in [0.15, 0.2) is 0 Å². The van der Waals surface area contributed by atoms with Gasteiger partial charge in [-0.05, 0) is 32.4 Å². The Morgan fingerprint density at radius 1 is 1.37 bits per heavy atom. The highest BCUT2D eigenvalue weighted by atomic mass is 32.1.